The van der Waals surface area contributed by atoms with E-state index in [1.807, 2.05) is 6.07 Å². The molecule has 6 heteroatoms. The Labute approximate surface area is 159 Å². The van der Waals surface area contributed by atoms with Crippen LogP contribution >= 0.6 is 0 Å². The van der Waals surface area contributed by atoms with Gasteiger partial charge in [-0.3, -0.25) is 4.90 Å². The predicted octanol–water partition coefficient (Wildman–Crippen LogP) is 4.35. The van der Waals surface area contributed by atoms with Crippen LogP contribution in [-0.4, -0.2) is 31.9 Å². The number of hydrogen-bond donors (Lipinski definition) is 0. The molecule has 2 aromatic rings. The van der Waals surface area contributed by atoms with Crippen molar-refractivity contribution in [3.05, 3.63) is 60.2 Å². The molecular formula is C21H25NO5. The Balaban J connectivity index is 2.56. The van der Waals surface area contributed by atoms with E-state index in [1.54, 1.807) is 76.4 Å². The number of benzene rings is 2. The molecule has 0 aliphatic rings. The van der Waals surface area contributed by atoms with Gasteiger partial charge in [0.2, 0.25) is 0 Å². The number of carbonyl (C=O) groups is 2. The molecule has 2 rings (SSSR count). The second-order valence-electron chi connectivity index (χ2n) is 6.88. The Morgan fingerprint density at radius 2 is 1.52 bits per heavy atom. The first-order valence-corrected chi connectivity index (χ1v) is 8.56. The lowest BCUT2D eigenvalue weighted by molar-refractivity contribution is -0.142. The van der Waals surface area contributed by atoms with E-state index in [2.05, 4.69) is 0 Å². The summed E-state index contributed by atoms with van der Waals surface area (Å²) in [6.07, 6.45) is -0.646. The van der Waals surface area contributed by atoms with Gasteiger partial charge in [-0.1, -0.05) is 30.3 Å². The van der Waals surface area contributed by atoms with Crippen LogP contribution in [0, 0.1) is 0 Å². The molecule has 0 bridgehead atoms. The number of methoxy groups -OCH3 is 2. The zero-order valence-electron chi connectivity index (χ0n) is 16.3. The molecule has 1 atom stereocenters. The van der Waals surface area contributed by atoms with Crippen LogP contribution in [0.5, 0.6) is 5.75 Å². The number of amides is 1. The van der Waals surface area contributed by atoms with Crippen molar-refractivity contribution >= 4 is 17.7 Å². The summed E-state index contributed by atoms with van der Waals surface area (Å²) in [6.45, 7) is 5.31. The first kappa shape index (κ1) is 20.3. The highest BCUT2D eigenvalue weighted by molar-refractivity contribution is 5.96. The lowest BCUT2D eigenvalue weighted by atomic mass is 10.0. The van der Waals surface area contributed by atoms with Gasteiger partial charge in [-0.25, -0.2) is 9.59 Å². The highest BCUT2D eigenvalue weighted by Crippen LogP contribution is 2.31. The number of hydrogen-bond acceptors (Lipinski definition) is 5. The highest BCUT2D eigenvalue weighted by Gasteiger charge is 2.36. The van der Waals surface area contributed by atoms with E-state index < -0.39 is 23.7 Å². The summed E-state index contributed by atoms with van der Waals surface area (Å²) >= 11 is 0. The molecule has 6 nitrogen and oxygen atoms in total. The van der Waals surface area contributed by atoms with Crippen LogP contribution in [0.2, 0.25) is 0 Å². The number of carbonyl (C=O) groups excluding carboxylic acids is 2. The van der Waals surface area contributed by atoms with Crippen molar-refractivity contribution in [2.45, 2.75) is 32.4 Å². The van der Waals surface area contributed by atoms with Crippen LogP contribution in [0.1, 0.15) is 32.4 Å². The first-order chi connectivity index (χ1) is 12.8. The number of ether oxygens (including phenoxy) is 3. The van der Waals surface area contributed by atoms with E-state index in [0.717, 1.165) is 0 Å². The lowest BCUT2D eigenvalue weighted by Gasteiger charge is -2.32. The van der Waals surface area contributed by atoms with E-state index in [0.29, 0.717) is 17.0 Å². The Bertz CT molecular complexity index is 765. The molecule has 0 fully saturated rings. The molecule has 144 valence electrons. The molecule has 0 aliphatic heterocycles. The molecule has 1 amide bonds. The summed E-state index contributed by atoms with van der Waals surface area (Å²) in [4.78, 5) is 26.9. The zero-order valence-corrected chi connectivity index (χ0v) is 16.3. The third kappa shape index (κ3) is 5.23. The van der Waals surface area contributed by atoms with Gasteiger partial charge in [0.25, 0.3) is 0 Å². The van der Waals surface area contributed by atoms with E-state index in [4.69, 9.17) is 14.2 Å². The molecule has 0 radical (unpaired) electrons. The lowest BCUT2D eigenvalue weighted by Crippen LogP contribution is -2.42. The fourth-order valence-corrected chi connectivity index (χ4v) is 2.55. The standard InChI is InChI=1S/C21H25NO5/c1-21(2,3)27-20(24)22(16-11-13-17(25-4)14-12-16)18(19(23)26-5)15-9-7-6-8-10-15/h6-14,18H,1-5H3/t18-/m0/s1. The molecule has 0 saturated carbocycles. The molecule has 27 heavy (non-hydrogen) atoms. The Hall–Kier alpha value is -3.02. The summed E-state index contributed by atoms with van der Waals surface area (Å²) in [7, 11) is 2.85. The molecule has 0 N–H and O–H groups in total. The van der Waals surface area contributed by atoms with Crippen LogP contribution in [0.25, 0.3) is 0 Å². The Kier molecular flexibility index (Phi) is 6.45. The van der Waals surface area contributed by atoms with Gasteiger partial charge >= 0.3 is 12.1 Å². The molecular weight excluding hydrogens is 346 g/mol. The Morgan fingerprint density at radius 1 is 0.926 bits per heavy atom. The number of anilines is 1. The summed E-state index contributed by atoms with van der Waals surface area (Å²) in [5.74, 6) is 0.0695. The van der Waals surface area contributed by atoms with Crippen LogP contribution in [0.15, 0.2) is 54.6 Å². The second-order valence-corrected chi connectivity index (χ2v) is 6.88. The predicted molar refractivity (Wildman–Crippen MR) is 103 cm³/mol. The van der Waals surface area contributed by atoms with Gasteiger partial charge in [-0.05, 0) is 50.6 Å². The van der Waals surface area contributed by atoms with Gasteiger partial charge < -0.3 is 14.2 Å². The van der Waals surface area contributed by atoms with Crippen molar-refractivity contribution in [1.29, 1.82) is 0 Å². The average molecular weight is 371 g/mol. The maximum atomic E-state index is 13.0. The number of esters is 1. The molecule has 0 spiro atoms. The minimum absolute atomic E-state index is 0.490. The summed E-state index contributed by atoms with van der Waals surface area (Å²) in [6, 6.07) is 14.8. The van der Waals surface area contributed by atoms with Crippen LogP contribution < -0.4 is 9.64 Å². The van der Waals surface area contributed by atoms with Gasteiger partial charge in [0.05, 0.1) is 14.2 Å². The van der Waals surface area contributed by atoms with Crippen molar-refractivity contribution < 1.29 is 23.8 Å². The van der Waals surface area contributed by atoms with Crippen molar-refractivity contribution in [1.82, 2.24) is 0 Å². The van der Waals surface area contributed by atoms with Gasteiger partial charge in [0.15, 0.2) is 6.04 Å². The van der Waals surface area contributed by atoms with Gasteiger partial charge in [-0.15, -0.1) is 0 Å². The first-order valence-electron chi connectivity index (χ1n) is 8.56. The molecule has 0 unspecified atom stereocenters. The smallest absolute Gasteiger partial charge is 0.415 e. The third-order valence-electron chi connectivity index (χ3n) is 3.74. The maximum absolute atomic E-state index is 13.0. The van der Waals surface area contributed by atoms with Crippen LogP contribution in [-0.2, 0) is 14.3 Å². The van der Waals surface area contributed by atoms with Gasteiger partial charge in [-0.2, -0.15) is 0 Å². The van der Waals surface area contributed by atoms with Crippen molar-refractivity contribution in [2.24, 2.45) is 0 Å². The molecule has 0 aliphatic carbocycles. The average Bonchev–Trinajstić information content (AvgIpc) is 2.64. The summed E-state index contributed by atoms with van der Waals surface area (Å²) < 4.78 is 15.7. The van der Waals surface area contributed by atoms with E-state index in [1.165, 1.54) is 12.0 Å². The molecule has 2 aromatic carbocycles. The highest BCUT2D eigenvalue weighted by atomic mass is 16.6. The minimum Gasteiger partial charge on any atom is -0.497 e. The Morgan fingerprint density at radius 3 is 2.00 bits per heavy atom. The number of nitrogens with zero attached hydrogens (tertiary/aromatic N) is 1. The maximum Gasteiger partial charge on any atom is 0.415 e. The van der Waals surface area contributed by atoms with E-state index >= 15 is 0 Å². The van der Waals surface area contributed by atoms with Crippen LogP contribution in [0.3, 0.4) is 0 Å². The molecule has 0 aromatic heterocycles. The van der Waals surface area contributed by atoms with E-state index in [-0.39, 0.29) is 0 Å². The minimum atomic E-state index is -0.987. The SMILES string of the molecule is COC(=O)[C@H](c1ccccc1)N(C(=O)OC(C)(C)C)c1ccc(OC)cc1. The monoisotopic (exact) mass is 371 g/mol. The topological polar surface area (TPSA) is 65.1 Å². The van der Waals surface area contributed by atoms with Crippen molar-refractivity contribution in [2.75, 3.05) is 19.1 Å². The normalized spacial score (nSPS) is 12.0. The summed E-state index contributed by atoms with van der Waals surface area (Å²) in [5.41, 5.74) is 0.384. The molecule has 0 heterocycles. The van der Waals surface area contributed by atoms with E-state index in [9.17, 15) is 9.59 Å². The van der Waals surface area contributed by atoms with Crippen molar-refractivity contribution in [3.8, 4) is 5.75 Å². The molecule has 0 saturated heterocycles. The summed E-state index contributed by atoms with van der Waals surface area (Å²) in [5, 5.41) is 0. The largest absolute Gasteiger partial charge is 0.497 e. The zero-order chi connectivity index (χ0) is 20.0. The van der Waals surface area contributed by atoms with Gasteiger partial charge in [0, 0.05) is 5.69 Å². The quantitative estimate of drug-likeness (QED) is 0.731. The number of rotatable bonds is 5. The second kappa shape index (κ2) is 8.58. The van der Waals surface area contributed by atoms with Crippen molar-refractivity contribution in [3.63, 3.8) is 0 Å². The fraction of sp³-hybridized carbons (Fsp3) is 0.333. The van der Waals surface area contributed by atoms with Crippen LogP contribution in [0.4, 0.5) is 10.5 Å². The van der Waals surface area contributed by atoms with Gasteiger partial charge in [0.1, 0.15) is 11.4 Å². The third-order valence-corrected chi connectivity index (χ3v) is 3.74. The fourth-order valence-electron chi connectivity index (χ4n) is 2.55.